The maximum atomic E-state index is 11.3. The molecule has 0 aromatic rings. The molecule has 2 aliphatic carbocycles. The SMILES string of the molecule is COC(=O)CCC1(C=O)CC/C=C\CCC1.COC(=O)CCC1(C=O)CCCCCCC1. The number of hydrogen-bond acceptors (Lipinski definition) is 6. The van der Waals surface area contributed by atoms with Crippen LogP contribution in [-0.4, -0.2) is 38.7 Å². The van der Waals surface area contributed by atoms with Gasteiger partial charge in [0.2, 0.25) is 0 Å². The maximum absolute atomic E-state index is 11.3. The standard InChI is InChI=1S/C13H22O3.C13H20O3/c2*1-16-12(15)7-10-13(11-14)8-5-3-2-4-6-9-13/h11H,2-10H2,1H3;2-3,11H,4-10H2,1H3/b;3-2-. The molecule has 6 heteroatoms. The molecule has 0 aromatic carbocycles. The van der Waals surface area contributed by atoms with E-state index >= 15 is 0 Å². The first-order chi connectivity index (χ1) is 15.4. The molecule has 0 amide bonds. The van der Waals surface area contributed by atoms with Crippen LogP contribution in [0.25, 0.3) is 0 Å². The van der Waals surface area contributed by atoms with Crippen LogP contribution in [0, 0.1) is 10.8 Å². The Kier molecular flexibility index (Phi) is 13.8. The van der Waals surface area contributed by atoms with Crippen LogP contribution in [0.4, 0.5) is 0 Å². The zero-order valence-electron chi connectivity index (χ0n) is 20.1. The van der Waals surface area contributed by atoms with Crippen molar-refractivity contribution in [3.05, 3.63) is 12.2 Å². The summed E-state index contributed by atoms with van der Waals surface area (Å²) in [5, 5.41) is 0. The fraction of sp³-hybridized carbons (Fsp3) is 0.769. The molecule has 0 saturated heterocycles. The van der Waals surface area contributed by atoms with Gasteiger partial charge in [-0.05, 0) is 57.8 Å². The number of methoxy groups -OCH3 is 2. The Bertz CT molecular complexity index is 603. The molecular weight excluding hydrogens is 408 g/mol. The highest BCUT2D eigenvalue weighted by Gasteiger charge is 2.31. The summed E-state index contributed by atoms with van der Waals surface area (Å²) in [6, 6.07) is 0. The molecule has 1 saturated carbocycles. The summed E-state index contributed by atoms with van der Waals surface area (Å²) in [7, 11) is 2.78. The van der Waals surface area contributed by atoms with Crippen molar-refractivity contribution in [1.82, 2.24) is 0 Å². The highest BCUT2D eigenvalue weighted by Crippen LogP contribution is 2.37. The summed E-state index contributed by atoms with van der Waals surface area (Å²) in [4.78, 5) is 44.8. The van der Waals surface area contributed by atoms with Crippen molar-refractivity contribution in [2.24, 2.45) is 10.8 Å². The molecule has 0 radical (unpaired) electrons. The van der Waals surface area contributed by atoms with Crippen molar-refractivity contribution in [1.29, 1.82) is 0 Å². The highest BCUT2D eigenvalue weighted by molar-refractivity contribution is 5.71. The molecule has 0 aliphatic heterocycles. The van der Waals surface area contributed by atoms with Gasteiger partial charge in [-0.25, -0.2) is 0 Å². The van der Waals surface area contributed by atoms with Gasteiger partial charge in [0.05, 0.1) is 14.2 Å². The van der Waals surface area contributed by atoms with E-state index in [-0.39, 0.29) is 22.8 Å². The molecule has 2 rings (SSSR count). The minimum Gasteiger partial charge on any atom is -0.469 e. The minimum absolute atomic E-state index is 0.205. The fourth-order valence-corrected chi connectivity index (χ4v) is 4.67. The second-order valence-electron chi connectivity index (χ2n) is 9.28. The van der Waals surface area contributed by atoms with Crippen LogP contribution in [0.3, 0.4) is 0 Å². The van der Waals surface area contributed by atoms with Crippen LogP contribution in [0.15, 0.2) is 12.2 Å². The third-order valence-electron chi connectivity index (χ3n) is 6.98. The monoisotopic (exact) mass is 450 g/mol. The molecule has 1 atom stereocenters. The Labute approximate surface area is 193 Å². The van der Waals surface area contributed by atoms with Gasteiger partial charge in [-0.3, -0.25) is 9.59 Å². The van der Waals surface area contributed by atoms with Gasteiger partial charge in [0, 0.05) is 23.7 Å². The van der Waals surface area contributed by atoms with E-state index in [1.807, 2.05) is 0 Å². The molecule has 0 spiro atoms. The van der Waals surface area contributed by atoms with Gasteiger partial charge in [0.1, 0.15) is 12.6 Å². The first-order valence-electron chi connectivity index (χ1n) is 12.2. The second kappa shape index (κ2) is 15.8. The Morgan fingerprint density at radius 2 is 1.12 bits per heavy atom. The van der Waals surface area contributed by atoms with Crippen molar-refractivity contribution in [3.8, 4) is 0 Å². The highest BCUT2D eigenvalue weighted by atomic mass is 16.5. The molecule has 6 nitrogen and oxygen atoms in total. The van der Waals surface area contributed by atoms with E-state index in [1.165, 1.54) is 33.5 Å². The van der Waals surface area contributed by atoms with E-state index in [4.69, 9.17) is 0 Å². The quantitative estimate of drug-likeness (QED) is 0.275. The molecule has 2 aliphatic rings. The van der Waals surface area contributed by atoms with Gasteiger partial charge in [-0.15, -0.1) is 0 Å². The maximum Gasteiger partial charge on any atom is 0.305 e. The first kappa shape index (κ1) is 28.1. The number of esters is 2. The summed E-state index contributed by atoms with van der Waals surface area (Å²) in [6.45, 7) is 0. The summed E-state index contributed by atoms with van der Waals surface area (Å²) in [6.07, 6.45) is 21.0. The molecule has 0 heterocycles. The lowest BCUT2D eigenvalue weighted by molar-refractivity contribution is -0.142. The summed E-state index contributed by atoms with van der Waals surface area (Å²) < 4.78 is 9.25. The van der Waals surface area contributed by atoms with E-state index in [9.17, 15) is 19.2 Å². The molecule has 0 bridgehead atoms. The van der Waals surface area contributed by atoms with Gasteiger partial charge in [-0.2, -0.15) is 0 Å². The van der Waals surface area contributed by atoms with Gasteiger partial charge < -0.3 is 19.1 Å². The van der Waals surface area contributed by atoms with Crippen LogP contribution >= 0.6 is 0 Å². The van der Waals surface area contributed by atoms with E-state index in [2.05, 4.69) is 21.6 Å². The van der Waals surface area contributed by atoms with Crippen LogP contribution in [0.2, 0.25) is 0 Å². The van der Waals surface area contributed by atoms with Crippen molar-refractivity contribution in [2.75, 3.05) is 14.2 Å². The zero-order chi connectivity index (χ0) is 23.7. The van der Waals surface area contributed by atoms with E-state index in [0.717, 1.165) is 70.4 Å². The molecule has 1 fully saturated rings. The van der Waals surface area contributed by atoms with Crippen LogP contribution in [-0.2, 0) is 28.7 Å². The summed E-state index contributed by atoms with van der Waals surface area (Å²) >= 11 is 0. The van der Waals surface area contributed by atoms with Crippen molar-refractivity contribution < 1.29 is 28.7 Å². The van der Waals surface area contributed by atoms with E-state index in [0.29, 0.717) is 25.7 Å². The number of carbonyl (C=O) groups is 4. The Balaban J connectivity index is 0.000000320. The predicted octanol–water partition coefficient (Wildman–Crippen LogP) is 5.51. The first-order valence-corrected chi connectivity index (χ1v) is 12.2. The van der Waals surface area contributed by atoms with Gasteiger partial charge in [0.25, 0.3) is 0 Å². The molecular formula is C26H42O6. The molecule has 1 unspecified atom stereocenters. The Morgan fingerprint density at radius 3 is 1.62 bits per heavy atom. The number of ether oxygens (including phenoxy) is 2. The van der Waals surface area contributed by atoms with Gasteiger partial charge >= 0.3 is 11.9 Å². The molecule has 0 aromatic heterocycles. The summed E-state index contributed by atoms with van der Waals surface area (Å²) in [5.41, 5.74) is -0.562. The number of hydrogen-bond donors (Lipinski definition) is 0. The summed E-state index contributed by atoms with van der Waals surface area (Å²) in [5.74, 6) is -0.429. The number of allylic oxidation sites excluding steroid dienone is 2. The largest absolute Gasteiger partial charge is 0.469 e. The van der Waals surface area contributed by atoms with Gasteiger partial charge in [0.15, 0.2) is 0 Å². The average Bonchev–Trinajstić information content (AvgIpc) is 2.78. The normalized spacial score (nSPS) is 24.1. The van der Waals surface area contributed by atoms with Crippen molar-refractivity contribution in [2.45, 2.75) is 103 Å². The number of carbonyl (C=O) groups excluding carboxylic acids is 4. The van der Waals surface area contributed by atoms with Crippen LogP contribution in [0.5, 0.6) is 0 Å². The topological polar surface area (TPSA) is 86.7 Å². The smallest absolute Gasteiger partial charge is 0.305 e. The molecule has 32 heavy (non-hydrogen) atoms. The predicted molar refractivity (Wildman–Crippen MR) is 124 cm³/mol. The van der Waals surface area contributed by atoms with E-state index < -0.39 is 0 Å². The number of rotatable bonds is 8. The third-order valence-corrected chi connectivity index (χ3v) is 6.98. The Hall–Kier alpha value is -1.98. The molecule has 182 valence electrons. The lowest BCUT2D eigenvalue weighted by atomic mass is 9.74. The second-order valence-corrected chi connectivity index (χ2v) is 9.28. The lowest BCUT2D eigenvalue weighted by Gasteiger charge is -2.29. The van der Waals surface area contributed by atoms with Crippen molar-refractivity contribution >= 4 is 24.5 Å². The van der Waals surface area contributed by atoms with Gasteiger partial charge in [-0.1, -0.05) is 44.3 Å². The third kappa shape index (κ3) is 10.6. The average molecular weight is 451 g/mol. The van der Waals surface area contributed by atoms with Crippen LogP contribution in [0.1, 0.15) is 103 Å². The number of aldehydes is 2. The zero-order valence-corrected chi connectivity index (χ0v) is 20.1. The molecule has 0 N–H and O–H groups in total. The van der Waals surface area contributed by atoms with E-state index in [1.54, 1.807) is 0 Å². The minimum atomic E-state index is -0.307. The van der Waals surface area contributed by atoms with Crippen LogP contribution < -0.4 is 0 Å². The van der Waals surface area contributed by atoms with Crippen molar-refractivity contribution in [3.63, 3.8) is 0 Å². The lowest BCUT2D eigenvalue weighted by Crippen LogP contribution is -2.25. The fourth-order valence-electron chi connectivity index (χ4n) is 4.67. The Morgan fingerprint density at radius 1 is 0.688 bits per heavy atom.